The molecule has 0 radical (unpaired) electrons. The fourth-order valence-electron chi connectivity index (χ4n) is 2.56. The van der Waals surface area contributed by atoms with Crippen molar-refractivity contribution >= 4 is 5.91 Å². The number of carbonyl (C=O) groups is 1. The zero-order chi connectivity index (χ0) is 17.6. The second-order valence-electron chi connectivity index (χ2n) is 6.22. The summed E-state index contributed by atoms with van der Waals surface area (Å²) in [6.07, 6.45) is 4.04. The van der Waals surface area contributed by atoms with Crippen molar-refractivity contribution in [1.29, 1.82) is 0 Å². The molecule has 1 aromatic heterocycles. The summed E-state index contributed by atoms with van der Waals surface area (Å²) in [5.41, 5.74) is 1.26. The lowest BCUT2D eigenvalue weighted by molar-refractivity contribution is -0.123. The predicted octanol–water partition coefficient (Wildman–Crippen LogP) is 2.89. The van der Waals surface area contributed by atoms with E-state index in [4.69, 9.17) is 4.74 Å². The molecule has 1 heterocycles. The second-order valence-corrected chi connectivity index (χ2v) is 6.22. The van der Waals surface area contributed by atoms with Gasteiger partial charge in [-0.05, 0) is 48.6 Å². The lowest BCUT2D eigenvalue weighted by Gasteiger charge is -2.25. The molecule has 1 atom stereocenters. The van der Waals surface area contributed by atoms with Crippen molar-refractivity contribution < 1.29 is 19.0 Å². The first-order valence-electron chi connectivity index (χ1n) is 8.42. The summed E-state index contributed by atoms with van der Waals surface area (Å²) in [7, 11) is 0. The molecule has 6 heteroatoms. The largest absolute Gasteiger partial charge is 0.474 e. The normalized spacial score (nSPS) is 15.3. The van der Waals surface area contributed by atoms with Gasteiger partial charge >= 0.3 is 0 Å². The first-order chi connectivity index (χ1) is 12.1. The first kappa shape index (κ1) is 17.4. The zero-order valence-electron chi connectivity index (χ0n) is 13.8. The van der Waals surface area contributed by atoms with Gasteiger partial charge in [-0.3, -0.25) is 4.79 Å². The fraction of sp³-hybridized carbons (Fsp3) is 0.368. The predicted molar refractivity (Wildman–Crippen MR) is 90.3 cm³/mol. The maximum absolute atomic E-state index is 13.2. The topological polar surface area (TPSA) is 71.5 Å². The molecule has 3 rings (SSSR count). The van der Waals surface area contributed by atoms with E-state index in [0.717, 1.165) is 18.4 Å². The summed E-state index contributed by atoms with van der Waals surface area (Å²) in [5.74, 6) is -0.181. The lowest BCUT2D eigenvalue weighted by atomic mass is 9.96. The Bertz CT molecular complexity index is 734. The molecular weight excluding hydrogens is 323 g/mol. The lowest BCUT2D eigenvalue weighted by Crippen LogP contribution is -2.26. The van der Waals surface area contributed by atoms with Crippen molar-refractivity contribution in [2.75, 3.05) is 0 Å². The van der Waals surface area contributed by atoms with E-state index in [-0.39, 0.29) is 18.4 Å². The average molecular weight is 344 g/mol. The minimum Gasteiger partial charge on any atom is -0.474 e. The Morgan fingerprint density at radius 2 is 2.20 bits per heavy atom. The number of carbonyl (C=O) groups excluding carboxylic acids is 1. The van der Waals surface area contributed by atoms with Gasteiger partial charge in [0.15, 0.2) is 0 Å². The quantitative estimate of drug-likeness (QED) is 0.810. The van der Waals surface area contributed by atoms with E-state index in [2.05, 4.69) is 10.3 Å². The molecule has 1 unspecified atom stereocenters. The maximum atomic E-state index is 13.2. The number of nitrogens with zero attached hydrogens (tertiary/aromatic N) is 1. The fourth-order valence-corrected chi connectivity index (χ4v) is 2.56. The number of hydrogen-bond donors (Lipinski definition) is 2. The Balaban J connectivity index is 1.49. The molecule has 25 heavy (non-hydrogen) atoms. The van der Waals surface area contributed by atoms with Crippen LogP contribution >= 0.6 is 0 Å². The number of aliphatic hydroxyl groups is 1. The number of rotatable bonds is 7. The molecule has 1 fully saturated rings. The van der Waals surface area contributed by atoms with Crippen molar-refractivity contribution in [3.63, 3.8) is 0 Å². The molecule has 132 valence electrons. The van der Waals surface area contributed by atoms with Crippen molar-refractivity contribution in [3.8, 4) is 5.88 Å². The molecule has 0 spiro atoms. The summed E-state index contributed by atoms with van der Waals surface area (Å²) in [6.45, 7) is 0.318. The van der Waals surface area contributed by atoms with E-state index < -0.39 is 11.9 Å². The molecule has 1 saturated carbocycles. The van der Waals surface area contributed by atoms with Crippen LogP contribution in [0.2, 0.25) is 0 Å². The molecule has 1 amide bonds. The number of benzene rings is 1. The molecule has 0 saturated heterocycles. The Morgan fingerprint density at radius 1 is 1.36 bits per heavy atom. The van der Waals surface area contributed by atoms with Crippen LogP contribution < -0.4 is 10.1 Å². The summed E-state index contributed by atoms with van der Waals surface area (Å²) in [4.78, 5) is 16.2. The number of amides is 1. The summed E-state index contributed by atoms with van der Waals surface area (Å²) in [5, 5.41) is 12.8. The monoisotopic (exact) mass is 344 g/mol. The smallest absolute Gasteiger partial charge is 0.223 e. The van der Waals surface area contributed by atoms with Gasteiger partial charge in [0.25, 0.3) is 0 Å². The highest BCUT2D eigenvalue weighted by Crippen LogP contribution is 2.24. The number of aliphatic hydroxyl groups excluding tert-OH is 1. The van der Waals surface area contributed by atoms with Crippen LogP contribution in [0.1, 0.15) is 42.9 Å². The first-order valence-corrected chi connectivity index (χ1v) is 8.42. The Hall–Kier alpha value is -2.47. The summed E-state index contributed by atoms with van der Waals surface area (Å²) in [6, 6.07) is 9.23. The molecule has 1 aromatic carbocycles. The Morgan fingerprint density at radius 3 is 2.92 bits per heavy atom. The van der Waals surface area contributed by atoms with Crippen molar-refractivity contribution in [2.24, 2.45) is 0 Å². The molecule has 1 aliphatic rings. The van der Waals surface area contributed by atoms with Gasteiger partial charge in [0.1, 0.15) is 11.9 Å². The van der Waals surface area contributed by atoms with Gasteiger partial charge in [-0.2, -0.15) is 0 Å². The SMILES string of the molecule is O=C(CC(O)c1cccc(F)c1)NCc1ccnc(OC2CCC2)c1. The number of aromatic nitrogens is 1. The van der Waals surface area contributed by atoms with Crippen LogP contribution in [0.15, 0.2) is 42.6 Å². The van der Waals surface area contributed by atoms with Crippen LogP contribution in [0.4, 0.5) is 4.39 Å². The van der Waals surface area contributed by atoms with Gasteiger partial charge in [-0.15, -0.1) is 0 Å². The number of nitrogens with one attached hydrogen (secondary N) is 1. The molecule has 2 aromatic rings. The highest BCUT2D eigenvalue weighted by molar-refractivity contribution is 5.76. The third kappa shape index (κ3) is 5.00. The molecular formula is C19H21FN2O3. The number of pyridine rings is 1. The van der Waals surface area contributed by atoms with Gasteiger partial charge < -0.3 is 15.2 Å². The van der Waals surface area contributed by atoms with Crippen molar-refractivity contribution in [2.45, 2.75) is 44.4 Å². The van der Waals surface area contributed by atoms with E-state index in [0.29, 0.717) is 18.0 Å². The zero-order valence-corrected chi connectivity index (χ0v) is 13.8. The van der Waals surface area contributed by atoms with Crippen LogP contribution in [0.5, 0.6) is 5.88 Å². The number of halogens is 1. The van der Waals surface area contributed by atoms with Gasteiger partial charge in [0.05, 0.1) is 12.5 Å². The minimum atomic E-state index is -1.04. The highest BCUT2D eigenvalue weighted by atomic mass is 19.1. The van der Waals surface area contributed by atoms with Gasteiger partial charge in [0.2, 0.25) is 11.8 Å². The van der Waals surface area contributed by atoms with Gasteiger partial charge in [-0.25, -0.2) is 9.37 Å². The van der Waals surface area contributed by atoms with Crippen LogP contribution in [0.3, 0.4) is 0 Å². The van der Waals surface area contributed by atoms with E-state index in [1.807, 2.05) is 6.07 Å². The molecule has 1 aliphatic carbocycles. The second kappa shape index (κ2) is 8.07. The Labute approximate surface area is 145 Å². The van der Waals surface area contributed by atoms with E-state index >= 15 is 0 Å². The summed E-state index contributed by atoms with van der Waals surface area (Å²) < 4.78 is 18.9. The Kier molecular flexibility index (Phi) is 5.60. The molecule has 0 aliphatic heterocycles. The average Bonchev–Trinajstić information content (AvgIpc) is 2.57. The van der Waals surface area contributed by atoms with Crippen LogP contribution in [0.25, 0.3) is 0 Å². The van der Waals surface area contributed by atoms with Crippen LogP contribution in [-0.2, 0) is 11.3 Å². The number of ether oxygens (including phenoxy) is 1. The van der Waals surface area contributed by atoms with Crippen LogP contribution in [-0.4, -0.2) is 22.1 Å². The summed E-state index contributed by atoms with van der Waals surface area (Å²) >= 11 is 0. The standard InChI is InChI=1S/C19H21FN2O3/c20-15-4-1-3-14(10-15)17(23)11-18(24)22-12-13-7-8-21-19(9-13)25-16-5-2-6-16/h1,3-4,7-10,16-17,23H,2,5-6,11-12H2,(H,22,24). The van der Waals surface area contributed by atoms with Gasteiger partial charge in [0, 0.05) is 18.8 Å². The minimum absolute atomic E-state index is 0.125. The van der Waals surface area contributed by atoms with Crippen LogP contribution in [0, 0.1) is 5.82 Å². The third-order valence-corrected chi connectivity index (χ3v) is 4.24. The van der Waals surface area contributed by atoms with E-state index in [1.54, 1.807) is 18.3 Å². The van der Waals surface area contributed by atoms with E-state index in [1.165, 1.54) is 24.6 Å². The maximum Gasteiger partial charge on any atom is 0.223 e. The third-order valence-electron chi connectivity index (χ3n) is 4.24. The molecule has 2 N–H and O–H groups in total. The van der Waals surface area contributed by atoms with Crippen molar-refractivity contribution in [1.82, 2.24) is 10.3 Å². The van der Waals surface area contributed by atoms with Gasteiger partial charge in [-0.1, -0.05) is 12.1 Å². The van der Waals surface area contributed by atoms with E-state index in [9.17, 15) is 14.3 Å². The number of hydrogen-bond acceptors (Lipinski definition) is 4. The molecule has 5 nitrogen and oxygen atoms in total. The highest BCUT2D eigenvalue weighted by Gasteiger charge is 2.19. The van der Waals surface area contributed by atoms with Crippen molar-refractivity contribution in [3.05, 3.63) is 59.5 Å². The molecule has 0 bridgehead atoms.